The molecule has 0 unspecified atom stereocenters. The number of carbonyl (C=O) groups is 1. The second-order valence-electron chi connectivity index (χ2n) is 1.95. The lowest BCUT2D eigenvalue weighted by molar-refractivity contribution is -0.134. The van der Waals surface area contributed by atoms with E-state index in [-0.39, 0.29) is 6.29 Å². The van der Waals surface area contributed by atoms with Gasteiger partial charge in [-0.05, 0) is 0 Å². The van der Waals surface area contributed by atoms with E-state index in [1.807, 2.05) is 0 Å². The summed E-state index contributed by atoms with van der Waals surface area (Å²) < 4.78 is 23.8. The molecule has 0 aliphatic carbocycles. The fourth-order valence-electron chi connectivity index (χ4n) is 0.136. The van der Waals surface area contributed by atoms with Crippen LogP contribution in [0.4, 0.5) is 8.78 Å². The van der Waals surface area contributed by atoms with Gasteiger partial charge in [-0.3, -0.25) is 4.79 Å². The molecule has 0 heterocycles. The molecular formula is C5H8F2O. The molecule has 0 aliphatic rings. The molecule has 8 heavy (non-hydrogen) atoms. The van der Waals surface area contributed by atoms with Crippen molar-refractivity contribution < 1.29 is 13.6 Å². The molecule has 0 saturated carbocycles. The number of halogens is 2. The largest absolute Gasteiger partial charge is 0.304 e. The third kappa shape index (κ3) is 1.56. The molecule has 0 aromatic carbocycles. The lowest BCUT2D eigenvalue weighted by Gasteiger charge is -2.10. The van der Waals surface area contributed by atoms with Gasteiger partial charge in [-0.25, -0.2) is 0 Å². The second kappa shape index (κ2) is 2.20. The minimum absolute atomic E-state index is 0.322. The van der Waals surface area contributed by atoms with Gasteiger partial charge in [0.25, 0.3) is 0 Å². The molecule has 0 fully saturated rings. The van der Waals surface area contributed by atoms with Crippen LogP contribution in [0.2, 0.25) is 0 Å². The number of rotatable bonds is 2. The van der Waals surface area contributed by atoms with Crippen LogP contribution in [0.5, 0.6) is 0 Å². The SMILES string of the molecule is CC(C)C(F)(F)C=O. The topological polar surface area (TPSA) is 17.1 Å². The lowest BCUT2D eigenvalue weighted by Crippen LogP contribution is -2.24. The summed E-state index contributed by atoms with van der Waals surface area (Å²) in [5.74, 6) is -4.03. The van der Waals surface area contributed by atoms with Gasteiger partial charge in [-0.1, -0.05) is 13.8 Å². The molecule has 0 rings (SSSR count). The molecule has 0 aliphatic heterocycles. The molecule has 0 N–H and O–H groups in total. The van der Waals surface area contributed by atoms with Gasteiger partial charge in [0, 0.05) is 5.92 Å². The van der Waals surface area contributed by atoms with Crippen molar-refractivity contribution in [1.29, 1.82) is 0 Å². The predicted octanol–water partition coefficient (Wildman–Crippen LogP) is 1.48. The molecule has 0 spiro atoms. The fourth-order valence-corrected chi connectivity index (χ4v) is 0.136. The molecule has 0 saturated heterocycles. The predicted molar refractivity (Wildman–Crippen MR) is 25.8 cm³/mol. The number of hydrogen-bond donors (Lipinski definition) is 0. The highest BCUT2D eigenvalue weighted by atomic mass is 19.3. The van der Waals surface area contributed by atoms with Crippen LogP contribution in [0.15, 0.2) is 0 Å². The van der Waals surface area contributed by atoms with Crippen molar-refractivity contribution >= 4 is 6.29 Å². The summed E-state index contributed by atoms with van der Waals surface area (Å²) in [5, 5.41) is 0. The van der Waals surface area contributed by atoms with Gasteiger partial charge in [0.2, 0.25) is 0 Å². The average Bonchev–Trinajstić information content (AvgIpc) is 1.67. The highest BCUT2D eigenvalue weighted by Crippen LogP contribution is 2.19. The zero-order chi connectivity index (χ0) is 6.78. The maximum atomic E-state index is 11.9. The van der Waals surface area contributed by atoms with Crippen LogP contribution >= 0.6 is 0 Å². The van der Waals surface area contributed by atoms with Gasteiger partial charge in [-0.15, -0.1) is 0 Å². The quantitative estimate of drug-likeness (QED) is 0.507. The van der Waals surface area contributed by atoms with E-state index in [2.05, 4.69) is 0 Å². The first-order valence-electron chi connectivity index (χ1n) is 2.35. The molecule has 48 valence electrons. The molecule has 3 heteroatoms. The summed E-state index contributed by atoms with van der Waals surface area (Å²) >= 11 is 0. The summed E-state index contributed by atoms with van der Waals surface area (Å²) in [5.41, 5.74) is 0. The summed E-state index contributed by atoms with van der Waals surface area (Å²) in [4.78, 5) is 9.52. The molecule has 0 radical (unpaired) electrons. The molecule has 0 bridgehead atoms. The minimum atomic E-state index is -3.14. The van der Waals surface area contributed by atoms with E-state index in [1.165, 1.54) is 13.8 Å². The Morgan fingerprint density at radius 2 is 1.88 bits per heavy atom. The van der Waals surface area contributed by atoms with Crippen molar-refractivity contribution in [3.63, 3.8) is 0 Å². The van der Waals surface area contributed by atoms with E-state index < -0.39 is 11.8 Å². The third-order valence-electron chi connectivity index (χ3n) is 0.927. The van der Waals surface area contributed by atoms with Crippen LogP contribution in [0.25, 0.3) is 0 Å². The normalized spacial score (nSPS) is 12.1. The number of aldehydes is 1. The Hall–Kier alpha value is -0.470. The van der Waals surface area contributed by atoms with Gasteiger partial charge < -0.3 is 0 Å². The van der Waals surface area contributed by atoms with E-state index in [0.29, 0.717) is 0 Å². The standard InChI is InChI=1S/C5H8F2O/c1-4(2)5(6,7)3-8/h3-4H,1-2H3. The van der Waals surface area contributed by atoms with Crippen molar-refractivity contribution in [1.82, 2.24) is 0 Å². The van der Waals surface area contributed by atoms with Crippen molar-refractivity contribution in [2.75, 3.05) is 0 Å². The smallest absolute Gasteiger partial charge is 0.297 e. The van der Waals surface area contributed by atoms with Crippen LogP contribution < -0.4 is 0 Å². The van der Waals surface area contributed by atoms with Gasteiger partial charge in [0.05, 0.1) is 0 Å². The molecular weight excluding hydrogens is 114 g/mol. The van der Waals surface area contributed by atoms with Crippen molar-refractivity contribution in [3.05, 3.63) is 0 Å². The van der Waals surface area contributed by atoms with Crippen molar-refractivity contribution in [2.45, 2.75) is 19.8 Å². The lowest BCUT2D eigenvalue weighted by atomic mass is 10.1. The highest BCUT2D eigenvalue weighted by molar-refractivity contribution is 5.59. The molecule has 0 aromatic heterocycles. The number of alkyl halides is 2. The Balaban J connectivity index is 3.90. The van der Waals surface area contributed by atoms with E-state index in [9.17, 15) is 13.6 Å². The van der Waals surface area contributed by atoms with Gasteiger partial charge in [0.1, 0.15) is 0 Å². The van der Waals surface area contributed by atoms with Crippen LogP contribution in [0.3, 0.4) is 0 Å². The molecule has 0 amide bonds. The second-order valence-corrected chi connectivity index (χ2v) is 1.95. The van der Waals surface area contributed by atoms with Gasteiger partial charge in [-0.2, -0.15) is 8.78 Å². The first-order valence-corrected chi connectivity index (χ1v) is 2.35. The van der Waals surface area contributed by atoms with Gasteiger partial charge in [0.15, 0.2) is 6.29 Å². The minimum Gasteiger partial charge on any atom is -0.297 e. The van der Waals surface area contributed by atoms with E-state index >= 15 is 0 Å². The van der Waals surface area contributed by atoms with Crippen LogP contribution in [0.1, 0.15) is 13.8 Å². The monoisotopic (exact) mass is 122 g/mol. The highest BCUT2D eigenvalue weighted by Gasteiger charge is 2.31. The Labute approximate surface area is 46.7 Å². The van der Waals surface area contributed by atoms with Crippen molar-refractivity contribution in [2.24, 2.45) is 5.92 Å². The van der Waals surface area contributed by atoms with Crippen LogP contribution in [-0.4, -0.2) is 12.2 Å². The zero-order valence-electron chi connectivity index (χ0n) is 4.82. The van der Waals surface area contributed by atoms with Crippen LogP contribution in [-0.2, 0) is 4.79 Å². The number of hydrogen-bond acceptors (Lipinski definition) is 1. The maximum absolute atomic E-state index is 11.9. The average molecular weight is 122 g/mol. The summed E-state index contributed by atoms with van der Waals surface area (Å²) in [6.45, 7) is 2.60. The first kappa shape index (κ1) is 7.53. The van der Waals surface area contributed by atoms with Gasteiger partial charge >= 0.3 is 5.92 Å². The van der Waals surface area contributed by atoms with E-state index in [1.54, 1.807) is 0 Å². The Bertz CT molecular complexity index is 88.4. The molecule has 0 atom stereocenters. The summed E-state index contributed by atoms with van der Waals surface area (Å²) in [6.07, 6.45) is -0.322. The first-order chi connectivity index (χ1) is 3.50. The van der Waals surface area contributed by atoms with Crippen molar-refractivity contribution in [3.8, 4) is 0 Å². The summed E-state index contributed by atoms with van der Waals surface area (Å²) in [7, 11) is 0. The number of carbonyl (C=O) groups excluding carboxylic acids is 1. The van der Waals surface area contributed by atoms with E-state index in [0.717, 1.165) is 0 Å². The zero-order valence-corrected chi connectivity index (χ0v) is 4.82. The maximum Gasteiger partial charge on any atom is 0.304 e. The Morgan fingerprint density at radius 1 is 1.50 bits per heavy atom. The van der Waals surface area contributed by atoms with E-state index in [4.69, 9.17) is 0 Å². The fraction of sp³-hybridized carbons (Fsp3) is 0.800. The Morgan fingerprint density at radius 3 is 1.88 bits per heavy atom. The van der Waals surface area contributed by atoms with Crippen LogP contribution in [0, 0.1) is 5.92 Å². The third-order valence-corrected chi connectivity index (χ3v) is 0.927. The summed E-state index contributed by atoms with van der Waals surface area (Å²) in [6, 6.07) is 0. The Kier molecular flexibility index (Phi) is 2.07. The molecule has 1 nitrogen and oxygen atoms in total. The molecule has 0 aromatic rings.